The van der Waals surface area contributed by atoms with Crippen LogP contribution in [0.3, 0.4) is 0 Å². The standard InChI is InChI=1S/C19H19N3O3S/c1-12-7-8-14(24)11-17(12)21-16-9-10-20-19-15(16)5-4-6-18(19)26(3,22-25)13(2)23/h4-11,24H,1-3H3,(H,20,21). The molecule has 0 amide bonds. The first-order chi connectivity index (χ1) is 12.4. The molecule has 1 unspecified atom stereocenters. The molecule has 0 bridgehead atoms. The van der Waals surface area contributed by atoms with Crippen LogP contribution in [0.1, 0.15) is 12.5 Å². The number of benzene rings is 2. The number of fused-ring (bicyclic) bond motifs is 1. The van der Waals surface area contributed by atoms with Gasteiger partial charge in [0.2, 0.25) is 0 Å². The first-order valence-electron chi connectivity index (χ1n) is 7.95. The summed E-state index contributed by atoms with van der Waals surface area (Å²) in [5, 5.41) is 13.6. The minimum atomic E-state index is -2.50. The average Bonchev–Trinajstić information content (AvgIpc) is 2.63. The van der Waals surface area contributed by atoms with E-state index in [1.165, 1.54) is 6.92 Å². The summed E-state index contributed by atoms with van der Waals surface area (Å²) in [7, 11) is -2.50. The molecule has 3 rings (SSSR count). The summed E-state index contributed by atoms with van der Waals surface area (Å²) in [5.41, 5.74) is 3.07. The molecule has 7 heteroatoms. The molecule has 1 heterocycles. The van der Waals surface area contributed by atoms with Gasteiger partial charge in [-0.25, -0.2) is 0 Å². The number of anilines is 2. The number of hydrogen-bond donors (Lipinski definition) is 2. The van der Waals surface area contributed by atoms with Crippen LogP contribution in [0.25, 0.3) is 10.9 Å². The van der Waals surface area contributed by atoms with E-state index in [-0.39, 0.29) is 10.9 Å². The third kappa shape index (κ3) is 3.01. The number of para-hydroxylation sites is 1. The highest BCUT2D eigenvalue weighted by atomic mass is 32.3. The summed E-state index contributed by atoms with van der Waals surface area (Å²) in [6.07, 6.45) is 3.20. The molecule has 6 nitrogen and oxygen atoms in total. The van der Waals surface area contributed by atoms with E-state index >= 15 is 0 Å². The zero-order valence-electron chi connectivity index (χ0n) is 14.7. The highest BCUT2D eigenvalue weighted by Gasteiger charge is 2.30. The van der Waals surface area contributed by atoms with Crippen molar-refractivity contribution in [1.82, 2.24) is 4.98 Å². The van der Waals surface area contributed by atoms with E-state index in [2.05, 4.69) is 14.9 Å². The van der Waals surface area contributed by atoms with Gasteiger partial charge in [0, 0.05) is 40.8 Å². The maximum absolute atomic E-state index is 12.1. The summed E-state index contributed by atoms with van der Waals surface area (Å²) >= 11 is 0. The lowest BCUT2D eigenvalue weighted by Crippen LogP contribution is -2.06. The number of aromatic nitrogens is 1. The highest BCUT2D eigenvalue weighted by Crippen LogP contribution is 2.56. The molecular weight excluding hydrogens is 350 g/mol. The van der Waals surface area contributed by atoms with Crippen molar-refractivity contribution < 1.29 is 9.90 Å². The Balaban J connectivity index is 2.18. The van der Waals surface area contributed by atoms with Crippen molar-refractivity contribution in [2.45, 2.75) is 18.7 Å². The molecule has 0 radical (unpaired) electrons. The van der Waals surface area contributed by atoms with Gasteiger partial charge in [0.15, 0.2) is 5.12 Å². The second-order valence-corrected chi connectivity index (χ2v) is 8.99. The van der Waals surface area contributed by atoms with Gasteiger partial charge in [-0.05, 0) is 51.7 Å². The lowest BCUT2D eigenvalue weighted by molar-refractivity contribution is -0.109. The third-order valence-corrected chi connectivity index (χ3v) is 6.97. The molecule has 134 valence electrons. The number of aryl methyl sites for hydroxylation is 1. The number of rotatable bonds is 4. The van der Waals surface area contributed by atoms with Crippen molar-refractivity contribution in [2.24, 2.45) is 4.58 Å². The smallest absolute Gasteiger partial charge is 0.194 e. The molecule has 1 aromatic heterocycles. The van der Waals surface area contributed by atoms with E-state index in [4.69, 9.17) is 0 Å². The molecule has 0 aliphatic rings. The van der Waals surface area contributed by atoms with Gasteiger partial charge in [0.25, 0.3) is 0 Å². The predicted octanol–water partition coefficient (Wildman–Crippen LogP) is 5.01. The third-order valence-electron chi connectivity index (χ3n) is 4.36. The van der Waals surface area contributed by atoms with Gasteiger partial charge >= 0.3 is 0 Å². The van der Waals surface area contributed by atoms with E-state index in [1.807, 2.05) is 25.1 Å². The Labute approximate surface area is 152 Å². The van der Waals surface area contributed by atoms with Gasteiger partial charge in [-0.3, -0.25) is 9.78 Å². The van der Waals surface area contributed by atoms with Gasteiger partial charge in [-0.15, -0.1) is 4.91 Å². The van der Waals surface area contributed by atoms with Crippen LogP contribution in [0.5, 0.6) is 5.75 Å². The number of nitrogens with one attached hydrogen (secondary N) is 1. The molecule has 2 N–H and O–H groups in total. The van der Waals surface area contributed by atoms with E-state index in [0.29, 0.717) is 10.4 Å². The van der Waals surface area contributed by atoms with Crippen molar-refractivity contribution in [3.8, 4) is 5.75 Å². The Morgan fingerprint density at radius 3 is 2.65 bits per heavy atom. The maximum Gasteiger partial charge on any atom is 0.194 e. The van der Waals surface area contributed by atoms with Crippen molar-refractivity contribution in [3.63, 3.8) is 0 Å². The number of carbonyl (C=O) groups is 1. The number of phenolic OH excluding ortho intramolecular Hbond substituents is 1. The van der Waals surface area contributed by atoms with E-state index in [0.717, 1.165) is 22.3 Å². The summed E-state index contributed by atoms with van der Waals surface area (Å²) in [6, 6.07) is 12.3. The van der Waals surface area contributed by atoms with Gasteiger partial charge in [0.05, 0.1) is 5.52 Å². The largest absolute Gasteiger partial charge is 0.508 e. The van der Waals surface area contributed by atoms with Gasteiger partial charge < -0.3 is 10.4 Å². The highest BCUT2D eigenvalue weighted by molar-refractivity contribution is 8.43. The normalized spacial score (nSPS) is 14.4. The minimum absolute atomic E-state index is 0.163. The van der Waals surface area contributed by atoms with Crippen LogP contribution < -0.4 is 5.32 Å². The summed E-state index contributed by atoms with van der Waals surface area (Å²) in [4.78, 5) is 28.5. The van der Waals surface area contributed by atoms with Crippen LogP contribution in [0.4, 0.5) is 11.4 Å². The van der Waals surface area contributed by atoms with Crippen LogP contribution in [0.15, 0.2) is 58.1 Å². The number of nitroso groups, excluding NO2 is 1. The van der Waals surface area contributed by atoms with Gasteiger partial charge in [0.1, 0.15) is 5.75 Å². The number of hydrogen-bond acceptors (Lipinski definition) is 6. The molecule has 2 aromatic carbocycles. The van der Waals surface area contributed by atoms with E-state index in [1.54, 1.807) is 36.7 Å². The van der Waals surface area contributed by atoms with E-state index < -0.39 is 10.2 Å². The number of nitrogens with zero attached hydrogens (tertiary/aromatic N) is 2. The zero-order chi connectivity index (χ0) is 18.9. The first-order valence-corrected chi connectivity index (χ1v) is 9.94. The Bertz CT molecular complexity index is 1020. The van der Waals surface area contributed by atoms with Gasteiger partial charge in [-0.2, -0.15) is 0 Å². The number of carbonyl (C=O) groups excluding carboxylic acids is 1. The topological polar surface area (TPSA) is 91.7 Å². The maximum atomic E-state index is 12.1. The average molecular weight is 369 g/mol. The molecule has 0 saturated carbocycles. The molecule has 0 spiro atoms. The Morgan fingerprint density at radius 2 is 1.96 bits per heavy atom. The molecule has 1 atom stereocenters. The quantitative estimate of drug-likeness (QED) is 0.631. The van der Waals surface area contributed by atoms with Crippen LogP contribution in [0.2, 0.25) is 0 Å². The zero-order valence-corrected chi connectivity index (χ0v) is 15.5. The van der Waals surface area contributed by atoms with Crippen molar-refractivity contribution in [2.75, 3.05) is 11.6 Å². The molecule has 0 aliphatic carbocycles. The molecule has 0 fully saturated rings. The fourth-order valence-electron chi connectivity index (χ4n) is 2.72. The van der Waals surface area contributed by atoms with Crippen LogP contribution in [-0.2, 0) is 4.79 Å². The molecule has 0 aliphatic heterocycles. The molecular formula is C19H19N3O3S. The van der Waals surface area contributed by atoms with Gasteiger partial charge in [-0.1, -0.05) is 18.2 Å². The Morgan fingerprint density at radius 1 is 1.19 bits per heavy atom. The van der Waals surface area contributed by atoms with Crippen molar-refractivity contribution in [3.05, 3.63) is 59.1 Å². The first kappa shape index (κ1) is 17.9. The summed E-state index contributed by atoms with van der Waals surface area (Å²) in [5.74, 6) is 0.163. The van der Waals surface area contributed by atoms with Crippen molar-refractivity contribution in [1.29, 1.82) is 0 Å². The lowest BCUT2D eigenvalue weighted by Gasteiger charge is -2.25. The van der Waals surface area contributed by atoms with E-state index in [9.17, 15) is 14.8 Å². The number of phenols is 1. The predicted molar refractivity (Wildman–Crippen MR) is 106 cm³/mol. The minimum Gasteiger partial charge on any atom is -0.508 e. The molecule has 0 saturated heterocycles. The Hall–Kier alpha value is -2.93. The second kappa shape index (κ2) is 6.76. The summed E-state index contributed by atoms with van der Waals surface area (Å²) in [6.45, 7) is 3.32. The second-order valence-electron chi connectivity index (χ2n) is 6.08. The fraction of sp³-hybridized carbons (Fsp3) is 0.158. The molecule has 26 heavy (non-hydrogen) atoms. The van der Waals surface area contributed by atoms with Crippen LogP contribution in [-0.4, -0.2) is 21.5 Å². The van der Waals surface area contributed by atoms with Crippen molar-refractivity contribution >= 4 is 37.6 Å². The van der Waals surface area contributed by atoms with Crippen LogP contribution >= 0.6 is 10.2 Å². The fourth-order valence-corrected chi connectivity index (χ4v) is 4.09. The SMILES string of the molecule is CC(=O)S(C)(N=O)c1cccc2c(Nc3cc(O)ccc3C)ccnc12. The Kier molecular flexibility index (Phi) is 4.65. The van der Waals surface area contributed by atoms with Crippen LogP contribution in [0, 0.1) is 11.8 Å². The number of aromatic hydroxyl groups is 1. The summed E-state index contributed by atoms with van der Waals surface area (Å²) < 4.78 is 3.17. The monoisotopic (exact) mass is 369 g/mol. The number of pyridine rings is 1. The molecule has 3 aromatic rings. The lowest BCUT2D eigenvalue weighted by atomic mass is 10.1.